The Kier molecular flexibility index (Phi) is 7.10. The zero-order chi connectivity index (χ0) is 16.5. The van der Waals surface area contributed by atoms with Crippen molar-refractivity contribution in [3.8, 4) is 0 Å². The summed E-state index contributed by atoms with van der Waals surface area (Å²) in [5.41, 5.74) is 1.27. The second kappa shape index (κ2) is 9.33. The van der Waals surface area contributed by atoms with Gasteiger partial charge in [0.05, 0.1) is 6.61 Å². The number of hydrogen-bond donors (Lipinski definition) is 0. The third-order valence-electron chi connectivity index (χ3n) is 3.43. The van der Waals surface area contributed by atoms with Crippen molar-refractivity contribution in [3.63, 3.8) is 0 Å². The molecule has 1 aromatic heterocycles. The highest BCUT2D eigenvalue weighted by Gasteiger charge is 2.19. The second-order valence-corrected chi connectivity index (χ2v) is 6.30. The van der Waals surface area contributed by atoms with Gasteiger partial charge in [-0.25, -0.2) is 4.79 Å². The van der Waals surface area contributed by atoms with Gasteiger partial charge >= 0.3 is 6.16 Å². The van der Waals surface area contributed by atoms with Crippen LogP contribution in [0.5, 0.6) is 0 Å². The van der Waals surface area contributed by atoms with Gasteiger partial charge in [0.2, 0.25) is 0 Å². The van der Waals surface area contributed by atoms with E-state index in [9.17, 15) is 4.79 Å². The molecule has 5 heteroatoms. The first-order chi connectivity index (χ1) is 11.2. The Hall–Kier alpha value is -1.85. The first-order valence-electron chi connectivity index (χ1n) is 7.78. The summed E-state index contributed by atoms with van der Waals surface area (Å²) in [5, 5.41) is 1.99. The summed E-state index contributed by atoms with van der Waals surface area (Å²) in [7, 11) is 2.07. The van der Waals surface area contributed by atoms with Crippen LogP contribution in [-0.2, 0) is 16.0 Å². The molecule has 0 aliphatic rings. The van der Waals surface area contributed by atoms with Crippen molar-refractivity contribution in [1.82, 2.24) is 4.90 Å². The van der Waals surface area contributed by atoms with E-state index >= 15 is 0 Å². The molecule has 0 unspecified atom stereocenters. The average Bonchev–Trinajstić information content (AvgIpc) is 3.07. The van der Waals surface area contributed by atoms with Crippen LogP contribution >= 0.6 is 11.3 Å². The molecule has 124 valence electrons. The van der Waals surface area contributed by atoms with E-state index in [0.29, 0.717) is 6.61 Å². The third-order valence-corrected chi connectivity index (χ3v) is 4.39. The van der Waals surface area contributed by atoms with Gasteiger partial charge in [-0.15, -0.1) is 11.3 Å². The number of carbonyl (C=O) groups excluding carboxylic acids is 1. The normalized spacial score (nSPS) is 12.1. The molecule has 0 aliphatic carbocycles. The molecule has 1 atom stereocenters. The Morgan fingerprint density at radius 2 is 2.00 bits per heavy atom. The molecule has 4 nitrogen and oxygen atoms in total. The van der Waals surface area contributed by atoms with E-state index in [4.69, 9.17) is 9.47 Å². The lowest BCUT2D eigenvalue weighted by Gasteiger charge is -2.21. The summed E-state index contributed by atoms with van der Waals surface area (Å²) < 4.78 is 10.4. The Labute approximate surface area is 141 Å². The lowest BCUT2D eigenvalue weighted by atomic mass is 10.2. The molecule has 2 aromatic rings. The van der Waals surface area contributed by atoms with Crippen LogP contribution in [0.1, 0.15) is 29.9 Å². The van der Waals surface area contributed by atoms with Crippen molar-refractivity contribution >= 4 is 17.5 Å². The second-order valence-electron chi connectivity index (χ2n) is 5.32. The Morgan fingerprint density at radius 3 is 2.65 bits per heavy atom. The topological polar surface area (TPSA) is 38.8 Å². The molecule has 0 saturated carbocycles. The third kappa shape index (κ3) is 6.04. The molecule has 1 aromatic carbocycles. The Bertz CT molecular complexity index is 571. The van der Waals surface area contributed by atoms with Gasteiger partial charge in [-0.05, 0) is 31.0 Å². The predicted octanol–water partition coefficient (Wildman–Crippen LogP) is 4.48. The van der Waals surface area contributed by atoms with E-state index in [0.717, 1.165) is 24.4 Å². The van der Waals surface area contributed by atoms with Crippen molar-refractivity contribution in [1.29, 1.82) is 0 Å². The molecular formula is C18H23NO3S. The molecule has 23 heavy (non-hydrogen) atoms. The largest absolute Gasteiger partial charge is 0.508 e. The van der Waals surface area contributed by atoms with Crippen LogP contribution in [0, 0.1) is 0 Å². The summed E-state index contributed by atoms with van der Waals surface area (Å²) in [5.74, 6) is 0. The SMILES string of the molecule is CCOC(=O)O[C@H](CCN(C)Cc1ccccc1)c1cccs1. The molecule has 0 amide bonds. The summed E-state index contributed by atoms with van der Waals surface area (Å²) in [4.78, 5) is 14.9. The lowest BCUT2D eigenvalue weighted by molar-refractivity contribution is 0.0210. The summed E-state index contributed by atoms with van der Waals surface area (Å²) >= 11 is 1.60. The standard InChI is InChI=1S/C18H23NO3S/c1-3-21-18(20)22-16(17-10-7-13-23-17)11-12-19(2)14-15-8-5-4-6-9-15/h4-10,13,16H,3,11-12,14H2,1-2H3/t16-/m1/s1. The fourth-order valence-corrected chi connectivity index (χ4v) is 3.10. The molecule has 0 bridgehead atoms. The quantitative estimate of drug-likeness (QED) is 0.668. The number of ether oxygens (including phenoxy) is 2. The van der Waals surface area contributed by atoms with E-state index in [2.05, 4.69) is 24.1 Å². The van der Waals surface area contributed by atoms with E-state index in [1.807, 2.05) is 35.7 Å². The van der Waals surface area contributed by atoms with Crippen molar-refractivity contribution in [2.45, 2.75) is 26.0 Å². The van der Waals surface area contributed by atoms with Gasteiger partial charge in [0.25, 0.3) is 0 Å². The minimum Gasteiger partial charge on any atom is -0.435 e. The van der Waals surface area contributed by atoms with Gasteiger partial charge in [-0.3, -0.25) is 0 Å². The smallest absolute Gasteiger partial charge is 0.435 e. The lowest BCUT2D eigenvalue weighted by Crippen LogP contribution is -2.22. The highest BCUT2D eigenvalue weighted by Crippen LogP contribution is 2.26. The molecule has 0 aliphatic heterocycles. The molecule has 1 heterocycles. The predicted molar refractivity (Wildman–Crippen MR) is 92.6 cm³/mol. The summed E-state index contributed by atoms with van der Waals surface area (Å²) in [6, 6.07) is 14.3. The first-order valence-corrected chi connectivity index (χ1v) is 8.66. The van der Waals surface area contributed by atoms with Crippen molar-refractivity contribution in [2.24, 2.45) is 0 Å². The van der Waals surface area contributed by atoms with Gasteiger partial charge in [-0.1, -0.05) is 36.4 Å². The Balaban J connectivity index is 1.88. The van der Waals surface area contributed by atoms with Crippen LogP contribution in [0.2, 0.25) is 0 Å². The maximum absolute atomic E-state index is 11.6. The average molecular weight is 333 g/mol. The Morgan fingerprint density at radius 1 is 1.22 bits per heavy atom. The van der Waals surface area contributed by atoms with E-state index in [1.54, 1.807) is 18.3 Å². The van der Waals surface area contributed by atoms with Crippen LogP contribution < -0.4 is 0 Å². The van der Waals surface area contributed by atoms with E-state index < -0.39 is 6.16 Å². The van der Waals surface area contributed by atoms with Gasteiger partial charge < -0.3 is 14.4 Å². The van der Waals surface area contributed by atoms with Gasteiger partial charge in [-0.2, -0.15) is 0 Å². The van der Waals surface area contributed by atoms with Crippen molar-refractivity contribution in [3.05, 3.63) is 58.3 Å². The minimum atomic E-state index is -0.600. The monoisotopic (exact) mass is 333 g/mol. The van der Waals surface area contributed by atoms with E-state index in [1.165, 1.54) is 5.56 Å². The highest BCUT2D eigenvalue weighted by atomic mass is 32.1. The fraction of sp³-hybridized carbons (Fsp3) is 0.389. The molecule has 0 radical (unpaired) electrons. The number of rotatable bonds is 8. The van der Waals surface area contributed by atoms with E-state index in [-0.39, 0.29) is 6.10 Å². The summed E-state index contributed by atoms with van der Waals surface area (Å²) in [6.45, 7) is 3.80. The highest BCUT2D eigenvalue weighted by molar-refractivity contribution is 7.10. The maximum Gasteiger partial charge on any atom is 0.508 e. The summed E-state index contributed by atoms with van der Waals surface area (Å²) in [6.07, 6.45) is -0.119. The van der Waals surface area contributed by atoms with Crippen LogP contribution in [0.4, 0.5) is 4.79 Å². The zero-order valence-corrected chi connectivity index (χ0v) is 14.4. The number of hydrogen-bond acceptors (Lipinski definition) is 5. The molecule has 0 fully saturated rings. The molecular weight excluding hydrogens is 310 g/mol. The number of nitrogens with zero attached hydrogens (tertiary/aromatic N) is 1. The van der Waals surface area contributed by atoms with Gasteiger partial charge in [0.1, 0.15) is 6.10 Å². The van der Waals surface area contributed by atoms with Gasteiger partial charge in [0.15, 0.2) is 0 Å². The molecule has 0 spiro atoms. The fourth-order valence-electron chi connectivity index (χ4n) is 2.31. The van der Waals surface area contributed by atoms with Crippen LogP contribution in [0.15, 0.2) is 47.8 Å². The number of carbonyl (C=O) groups is 1. The zero-order valence-electron chi connectivity index (χ0n) is 13.6. The molecule has 0 N–H and O–H groups in total. The van der Waals surface area contributed by atoms with Crippen LogP contribution in [0.25, 0.3) is 0 Å². The maximum atomic E-state index is 11.6. The number of benzene rings is 1. The van der Waals surface area contributed by atoms with Crippen molar-refractivity contribution < 1.29 is 14.3 Å². The number of thiophene rings is 1. The van der Waals surface area contributed by atoms with Crippen molar-refractivity contribution in [2.75, 3.05) is 20.2 Å². The molecule has 2 rings (SSSR count). The van der Waals surface area contributed by atoms with Crippen LogP contribution in [0.3, 0.4) is 0 Å². The van der Waals surface area contributed by atoms with Crippen LogP contribution in [-0.4, -0.2) is 31.3 Å². The minimum absolute atomic E-state index is 0.257. The van der Waals surface area contributed by atoms with Gasteiger partial charge in [0, 0.05) is 24.4 Å². The first kappa shape index (κ1) is 17.5. The molecule has 0 saturated heterocycles.